The molecule has 100 valence electrons. The zero-order valence-electron chi connectivity index (χ0n) is 10.2. The van der Waals surface area contributed by atoms with Gasteiger partial charge in [-0.05, 0) is 80.2 Å². The summed E-state index contributed by atoms with van der Waals surface area (Å²) in [5, 5.41) is 13.7. The number of hydrogen-bond donors (Lipinski definition) is 2. The second-order valence-corrected chi connectivity index (χ2v) is 6.37. The number of rotatable bonds is 3. The average molecular weight is 406 g/mol. The molecule has 0 atom stereocenters. The Balaban J connectivity index is 2.14. The lowest BCUT2D eigenvalue weighted by Crippen LogP contribution is -2.01. The first-order valence-corrected chi connectivity index (χ1v) is 7.60. The third kappa shape index (κ3) is 3.65. The van der Waals surface area contributed by atoms with Gasteiger partial charge in [0.2, 0.25) is 0 Å². The molecule has 2 rings (SSSR count). The van der Waals surface area contributed by atoms with Gasteiger partial charge in [-0.25, -0.2) is 0 Å². The van der Waals surface area contributed by atoms with Crippen molar-refractivity contribution < 1.29 is 5.11 Å². The van der Waals surface area contributed by atoms with Gasteiger partial charge in [-0.1, -0.05) is 11.6 Å². The molecule has 2 aromatic carbocycles. The van der Waals surface area contributed by atoms with Crippen LogP contribution in [-0.2, 0) is 6.54 Å². The molecule has 2 N–H and O–H groups in total. The second-order valence-electron chi connectivity index (χ2n) is 4.22. The smallest absolute Gasteiger partial charge is 0.143 e. The van der Waals surface area contributed by atoms with Gasteiger partial charge >= 0.3 is 0 Å². The molecule has 0 aliphatic carbocycles. The first-order valence-electron chi connectivity index (χ1n) is 5.64. The van der Waals surface area contributed by atoms with E-state index in [0.717, 1.165) is 21.8 Å². The summed E-state index contributed by atoms with van der Waals surface area (Å²) in [6, 6.07) is 9.52. The minimum absolute atomic E-state index is 0.214. The Bertz CT molecular complexity index is 593. The van der Waals surface area contributed by atoms with Crippen LogP contribution in [0.3, 0.4) is 0 Å². The van der Waals surface area contributed by atoms with Crippen LogP contribution in [0.25, 0.3) is 0 Å². The Labute approximate surface area is 134 Å². The van der Waals surface area contributed by atoms with Crippen LogP contribution < -0.4 is 5.32 Å². The largest absolute Gasteiger partial charge is 0.506 e. The standard InChI is InChI=1S/C14H12Br2ClNO/c1-8-4-10(17)2-3-13(8)18-7-9-5-11(15)14(19)12(16)6-9/h2-6,18-19H,7H2,1H3. The number of phenols is 1. The summed E-state index contributed by atoms with van der Waals surface area (Å²) in [4.78, 5) is 0. The zero-order valence-corrected chi connectivity index (χ0v) is 14.1. The molecule has 19 heavy (non-hydrogen) atoms. The number of aromatic hydroxyl groups is 1. The molecule has 5 heteroatoms. The molecular weight excluding hydrogens is 393 g/mol. The summed E-state index contributed by atoms with van der Waals surface area (Å²) in [6.07, 6.45) is 0. The molecule has 0 aromatic heterocycles. The van der Waals surface area contributed by atoms with E-state index in [2.05, 4.69) is 37.2 Å². The van der Waals surface area contributed by atoms with Crippen LogP contribution in [0, 0.1) is 6.92 Å². The fourth-order valence-corrected chi connectivity index (χ4v) is 3.25. The van der Waals surface area contributed by atoms with Crippen LogP contribution in [0.4, 0.5) is 5.69 Å². The van der Waals surface area contributed by atoms with Gasteiger partial charge < -0.3 is 10.4 Å². The third-order valence-electron chi connectivity index (χ3n) is 2.75. The van der Waals surface area contributed by atoms with Crippen molar-refractivity contribution in [2.45, 2.75) is 13.5 Å². The van der Waals surface area contributed by atoms with Crippen molar-refractivity contribution in [2.75, 3.05) is 5.32 Å². The predicted molar refractivity (Wildman–Crippen MR) is 87.0 cm³/mol. The topological polar surface area (TPSA) is 32.3 Å². The second kappa shape index (κ2) is 6.16. The lowest BCUT2D eigenvalue weighted by atomic mass is 10.1. The molecule has 0 amide bonds. The van der Waals surface area contributed by atoms with E-state index < -0.39 is 0 Å². The third-order valence-corrected chi connectivity index (χ3v) is 4.19. The Morgan fingerprint density at radius 1 is 1.16 bits per heavy atom. The summed E-state index contributed by atoms with van der Waals surface area (Å²) in [7, 11) is 0. The van der Waals surface area contributed by atoms with Gasteiger partial charge in [-0.3, -0.25) is 0 Å². The molecule has 0 bridgehead atoms. The van der Waals surface area contributed by atoms with Crippen molar-refractivity contribution in [3.63, 3.8) is 0 Å². The fourth-order valence-electron chi connectivity index (χ4n) is 1.74. The Hall–Kier alpha value is -0.710. The van der Waals surface area contributed by atoms with Crippen molar-refractivity contribution in [1.29, 1.82) is 0 Å². The summed E-state index contributed by atoms with van der Waals surface area (Å²) < 4.78 is 1.35. The molecule has 0 aliphatic heterocycles. The molecule has 0 fully saturated rings. The van der Waals surface area contributed by atoms with Crippen LogP contribution in [0.15, 0.2) is 39.3 Å². The van der Waals surface area contributed by atoms with Gasteiger partial charge in [-0.2, -0.15) is 0 Å². The number of hydrogen-bond acceptors (Lipinski definition) is 2. The maximum atomic E-state index is 9.66. The van der Waals surface area contributed by atoms with E-state index in [1.54, 1.807) is 0 Å². The maximum Gasteiger partial charge on any atom is 0.143 e. The Morgan fingerprint density at radius 3 is 2.37 bits per heavy atom. The molecule has 0 heterocycles. The summed E-state index contributed by atoms with van der Waals surface area (Å²) in [6.45, 7) is 2.68. The molecule has 0 saturated heterocycles. The van der Waals surface area contributed by atoms with Crippen LogP contribution in [0.2, 0.25) is 5.02 Å². The van der Waals surface area contributed by atoms with Gasteiger partial charge in [0.15, 0.2) is 0 Å². The quantitative estimate of drug-likeness (QED) is 0.708. The van der Waals surface area contributed by atoms with Crippen molar-refractivity contribution in [3.8, 4) is 5.75 Å². The molecular formula is C14H12Br2ClNO. The molecule has 0 unspecified atom stereocenters. The van der Waals surface area contributed by atoms with E-state index in [-0.39, 0.29) is 5.75 Å². The van der Waals surface area contributed by atoms with E-state index in [1.807, 2.05) is 37.3 Å². The maximum absolute atomic E-state index is 9.66. The van der Waals surface area contributed by atoms with E-state index in [4.69, 9.17) is 11.6 Å². The molecule has 0 radical (unpaired) electrons. The molecule has 2 aromatic rings. The Morgan fingerprint density at radius 2 is 1.79 bits per heavy atom. The fraction of sp³-hybridized carbons (Fsp3) is 0.143. The van der Waals surface area contributed by atoms with Gasteiger partial charge in [0.1, 0.15) is 5.75 Å². The lowest BCUT2D eigenvalue weighted by Gasteiger charge is -2.11. The molecule has 0 saturated carbocycles. The summed E-state index contributed by atoms with van der Waals surface area (Å²) in [5.41, 5.74) is 3.21. The highest BCUT2D eigenvalue weighted by Gasteiger charge is 2.06. The van der Waals surface area contributed by atoms with Gasteiger partial charge in [0.05, 0.1) is 8.95 Å². The lowest BCUT2D eigenvalue weighted by molar-refractivity contribution is 0.468. The van der Waals surface area contributed by atoms with Crippen molar-refractivity contribution in [3.05, 3.63) is 55.4 Å². The highest BCUT2D eigenvalue weighted by molar-refractivity contribution is 9.11. The van der Waals surface area contributed by atoms with Crippen molar-refractivity contribution >= 4 is 49.1 Å². The minimum Gasteiger partial charge on any atom is -0.506 e. The number of anilines is 1. The summed E-state index contributed by atoms with van der Waals surface area (Å²) >= 11 is 12.6. The minimum atomic E-state index is 0.214. The van der Waals surface area contributed by atoms with Gasteiger partial charge in [0, 0.05) is 17.3 Å². The first kappa shape index (κ1) is 14.7. The normalized spacial score (nSPS) is 10.5. The molecule has 2 nitrogen and oxygen atoms in total. The van der Waals surface area contributed by atoms with E-state index in [0.29, 0.717) is 15.5 Å². The van der Waals surface area contributed by atoms with Gasteiger partial charge in [-0.15, -0.1) is 0 Å². The van der Waals surface area contributed by atoms with E-state index >= 15 is 0 Å². The number of phenolic OH excluding ortho intramolecular Hbond substituents is 1. The van der Waals surface area contributed by atoms with Crippen LogP contribution in [0.1, 0.15) is 11.1 Å². The SMILES string of the molecule is Cc1cc(Cl)ccc1NCc1cc(Br)c(O)c(Br)c1. The number of halogens is 3. The van der Waals surface area contributed by atoms with Crippen molar-refractivity contribution in [2.24, 2.45) is 0 Å². The van der Waals surface area contributed by atoms with Gasteiger partial charge in [0.25, 0.3) is 0 Å². The molecule has 0 spiro atoms. The number of aryl methyl sites for hydroxylation is 1. The summed E-state index contributed by atoms with van der Waals surface area (Å²) in [5.74, 6) is 0.214. The zero-order chi connectivity index (χ0) is 14.0. The van der Waals surface area contributed by atoms with Crippen molar-refractivity contribution in [1.82, 2.24) is 0 Å². The number of benzene rings is 2. The number of nitrogens with one attached hydrogen (secondary N) is 1. The van der Waals surface area contributed by atoms with Crippen LogP contribution in [0.5, 0.6) is 5.75 Å². The predicted octanol–water partition coefficient (Wildman–Crippen LogP) is 5.49. The highest BCUT2D eigenvalue weighted by Crippen LogP contribution is 2.33. The average Bonchev–Trinajstić information content (AvgIpc) is 2.34. The van der Waals surface area contributed by atoms with E-state index in [9.17, 15) is 5.11 Å². The molecule has 0 aliphatic rings. The van der Waals surface area contributed by atoms with E-state index in [1.165, 1.54) is 0 Å². The first-order chi connectivity index (χ1) is 8.97. The van der Waals surface area contributed by atoms with Crippen LogP contribution in [-0.4, -0.2) is 5.11 Å². The Kier molecular flexibility index (Phi) is 4.76. The highest BCUT2D eigenvalue weighted by atomic mass is 79.9. The monoisotopic (exact) mass is 403 g/mol. The van der Waals surface area contributed by atoms with Crippen LogP contribution >= 0.6 is 43.5 Å².